The van der Waals surface area contributed by atoms with E-state index in [9.17, 15) is 9.18 Å². The molecule has 2 N–H and O–H groups in total. The molecule has 1 aromatic heterocycles. The molecule has 0 bridgehead atoms. The van der Waals surface area contributed by atoms with E-state index in [2.05, 4.69) is 15.7 Å². The molecule has 2 aromatic carbocycles. The van der Waals surface area contributed by atoms with E-state index < -0.39 is 0 Å². The molecule has 0 aliphatic heterocycles. The lowest BCUT2D eigenvalue weighted by Crippen LogP contribution is -2.31. The number of nitrogens with one attached hydrogen (secondary N) is 2. The van der Waals surface area contributed by atoms with Crippen LogP contribution in [0.5, 0.6) is 0 Å². The lowest BCUT2D eigenvalue weighted by molar-refractivity contribution is -0.115. The Labute approximate surface area is 163 Å². The molecular weight excluding hydrogens is 355 g/mol. The van der Waals surface area contributed by atoms with Crippen molar-refractivity contribution in [2.75, 3.05) is 11.9 Å². The van der Waals surface area contributed by atoms with E-state index in [0.29, 0.717) is 17.3 Å². The van der Waals surface area contributed by atoms with E-state index in [0.717, 1.165) is 24.2 Å². The monoisotopic (exact) mass is 378 g/mol. The lowest BCUT2D eigenvalue weighted by atomic mass is 10.1. The number of nitrogens with zero attached hydrogens (tertiary/aromatic N) is 2. The van der Waals surface area contributed by atoms with Crippen LogP contribution in [0.25, 0.3) is 5.69 Å². The molecule has 28 heavy (non-hydrogen) atoms. The summed E-state index contributed by atoms with van der Waals surface area (Å²) in [5.74, 6) is 0.667. The molecule has 4 rings (SSSR count). The van der Waals surface area contributed by atoms with Crippen molar-refractivity contribution in [3.63, 3.8) is 0 Å². The van der Waals surface area contributed by atoms with Crippen LogP contribution in [-0.4, -0.2) is 22.2 Å². The number of benzene rings is 2. The van der Waals surface area contributed by atoms with Crippen LogP contribution >= 0.6 is 0 Å². The van der Waals surface area contributed by atoms with Gasteiger partial charge in [-0.2, -0.15) is 5.10 Å². The smallest absolute Gasteiger partial charge is 0.239 e. The van der Waals surface area contributed by atoms with Gasteiger partial charge in [0.05, 0.1) is 17.9 Å². The maximum absolute atomic E-state index is 13.9. The van der Waals surface area contributed by atoms with Crippen molar-refractivity contribution in [3.05, 3.63) is 77.7 Å². The SMILES string of the molecule is C[C@@H](NCC(=O)Nc1cc(C2CC2)nn1-c1ccccc1)c1ccccc1F. The van der Waals surface area contributed by atoms with Gasteiger partial charge in [0, 0.05) is 23.6 Å². The van der Waals surface area contributed by atoms with Crippen LogP contribution in [0.2, 0.25) is 0 Å². The van der Waals surface area contributed by atoms with Gasteiger partial charge in [0.1, 0.15) is 11.6 Å². The lowest BCUT2D eigenvalue weighted by Gasteiger charge is -2.15. The van der Waals surface area contributed by atoms with Gasteiger partial charge in [-0.25, -0.2) is 9.07 Å². The Morgan fingerprint density at radius 1 is 1.18 bits per heavy atom. The van der Waals surface area contributed by atoms with Crippen molar-refractivity contribution >= 4 is 11.7 Å². The van der Waals surface area contributed by atoms with Gasteiger partial charge in [0.2, 0.25) is 5.91 Å². The first kappa shape index (κ1) is 18.4. The van der Waals surface area contributed by atoms with Gasteiger partial charge in [0.15, 0.2) is 0 Å². The summed E-state index contributed by atoms with van der Waals surface area (Å²) < 4.78 is 15.7. The third-order valence-corrected chi connectivity index (χ3v) is 4.93. The Hall–Kier alpha value is -2.99. The molecule has 0 radical (unpaired) electrons. The number of carbonyl (C=O) groups is 1. The molecule has 1 atom stereocenters. The molecule has 1 aliphatic carbocycles. The van der Waals surface area contributed by atoms with Gasteiger partial charge < -0.3 is 10.6 Å². The fourth-order valence-corrected chi connectivity index (χ4v) is 3.20. The number of amides is 1. The zero-order valence-electron chi connectivity index (χ0n) is 15.7. The Bertz CT molecular complexity index is 966. The Morgan fingerprint density at radius 3 is 2.61 bits per heavy atom. The first-order valence-corrected chi connectivity index (χ1v) is 9.55. The topological polar surface area (TPSA) is 59.0 Å². The van der Waals surface area contributed by atoms with Gasteiger partial charge in [-0.05, 0) is 38.0 Å². The number of carbonyl (C=O) groups excluding carboxylic acids is 1. The Kier molecular flexibility index (Phi) is 5.21. The summed E-state index contributed by atoms with van der Waals surface area (Å²) in [5.41, 5.74) is 2.45. The highest BCUT2D eigenvalue weighted by Gasteiger charge is 2.28. The highest BCUT2D eigenvalue weighted by atomic mass is 19.1. The number of halogens is 1. The molecule has 1 amide bonds. The minimum atomic E-state index is -0.279. The quantitative estimate of drug-likeness (QED) is 0.648. The fourth-order valence-electron chi connectivity index (χ4n) is 3.20. The normalized spacial score (nSPS) is 14.6. The Balaban J connectivity index is 1.45. The molecule has 0 saturated heterocycles. The summed E-state index contributed by atoms with van der Waals surface area (Å²) in [5, 5.41) is 10.7. The molecular formula is C22H23FN4O. The number of hydrogen-bond acceptors (Lipinski definition) is 3. The van der Waals surface area contributed by atoms with Crippen LogP contribution < -0.4 is 10.6 Å². The maximum atomic E-state index is 13.9. The van der Waals surface area contributed by atoms with Crippen LogP contribution in [0, 0.1) is 5.82 Å². The average Bonchev–Trinajstić information content (AvgIpc) is 3.48. The molecule has 0 spiro atoms. The Morgan fingerprint density at radius 2 is 1.89 bits per heavy atom. The summed E-state index contributed by atoms with van der Waals surface area (Å²) in [4.78, 5) is 12.5. The number of anilines is 1. The summed E-state index contributed by atoms with van der Waals surface area (Å²) in [7, 11) is 0. The molecule has 5 nitrogen and oxygen atoms in total. The fraction of sp³-hybridized carbons (Fsp3) is 0.273. The van der Waals surface area contributed by atoms with Gasteiger partial charge in [-0.3, -0.25) is 4.79 Å². The maximum Gasteiger partial charge on any atom is 0.239 e. The molecule has 1 aliphatic rings. The van der Waals surface area contributed by atoms with Crippen LogP contribution in [0.1, 0.15) is 43.0 Å². The van der Waals surface area contributed by atoms with Crippen LogP contribution in [0.4, 0.5) is 10.2 Å². The third-order valence-electron chi connectivity index (χ3n) is 4.93. The number of rotatable bonds is 7. The second-order valence-corrected chi connectivity index (χ2v) is 7.15. The highest BCUT2D eigenvalue weighted by Crippen LogP contribution is 2.40. The standard InChI is InChI=1S/C22H23FN4O/c1-15(18-9-5-6-10-19(18)23)24-14-22(28)25-21-13-20(16-11-12-16)26-27(21)17-7-3-2-4-8-17/h2-10,13,15-16,24H,11-12,14H2,1H3,(H,25,28)/t15-/m1/s1. The van der Waals surface area contributed by atoms with Crippen molar-refractivity contribution in [1.82, 2.24) is 15.1 Å². The summed E-state index contributed by atoms with van der Waals surface area (Å²) in [6.07, 6.45) is 2.28. The van der Waals surface area contributed by atoms with Crippen molar-refractivity contribution in [2.45, 2.75) is 31.7 Å². The first-order chi connectivity index (χ1) is 13.6. The molecule has 0 unspecified atom stereocenters. The van der Waals surface area contributed by atoms with E-state index in [1.807, 2.05) is 43.3 Å². The van der Waals surface area contributed by atoms with E-state index in [4.69, 9.17) is 0 Å². The number of aromatic nitrogens is 2. The molecule has 3 aromatic rings. The van der Waals surface area contributed by atoms with Gasteiger partial charge in [0.25, 0.3) is 0 Å². The minimum absolute atomic E-state index is 0.0776. The van der Waals surface area contributed by atoms with Gasteiger partial charge >= 0.3 is 0 Å². The molecule has 1 fully saturated rings. The predicted octanol–water partition coefficient (Wildman–Crippen LogP) is 4.18. The second-order valence-electron chi connectivity index (χ2n) is 7.15. The highest BCUT2D eigenvalue weighted by molar-refractivity contribution is 5.91. The average molecular weight is 378 g/mol. The van der Waals surface area contributed by atoms with E-state index in [1.54, 1.807) is 22.9 Å². The number of hydrogen-bond donors (Lipinski definition) is 2. The molecule has 1 heterocycles. The zero-order chi connectivity index (χ0) is 19.5. The van der Waals surface area contributed by atoms with Crippen molar-refractivity contribution in [1.29, 1.82) is 0 Å². The summed E-state index contributed by atoms with van der Waals surface area (Å²) >= 11 is 0. The number of para-hydroxylation sites is 1. The molecule has 1 saturated carbocycles. The predicted molar refractivity (Wildman–Crippen MR) is 107 cm³/mol. The van der Waals surface area contributed by atoms with Crippen LogP contribution in [-0.2, 0) is 4.79 Å². The van der Waals surface area contributed by atoms with Crippen molar-refractivity contribution in [2.24, 2.45) is 0 Å². The second kappa shape index (κ2) is 7.94. The third kappa shape index (κ3) is 4.12. The summed E-state index contributed by atoms with van der Waals surface area (Å²) in [6.45, 7) is 1.92. The minimum Gasteiger partial charge on any atom is -0.309 e. The van der Waals surface area contributed by atoms with E-state index >= 15 is 0 Å². The molecule has 6 heteroatoms. The van der Waals surface area contributed by atoms with E-state index in [1.165, 1.54) is 6.07 Å². The zero-order valence-corrected chi connectivity index (χ0v) is 15.7. The molecule has 144 valence electrons. The van der Waals surface area contributed by atoms with Crippen LogP contribution in [0.3, 0.4) is 0 Å². The van der Waals surface area contributed by atoms with Crippen molar-refractivity contribution < 1.29 is 9.18 Å². The summed E-state index contributed by atoms with van der Waals surface area (Å²) in [6, 6.07) is 18.0. The van der Waals surface area contributed by atoms with Gasteiger partial charge in [-0.15, -0.1) is 0 Å². The van der Waals surface area contributed by atoms with E-state index in [-0.39, 0.29) is 24.3 Å². The largest absolute Gasteiger partial charge is 0.309 e. The first-order valence-electron chi connectivity index (χ1n) is 9.55. The van der Waals surface area contributed by atoms with Gasteiger partial charge in [-0.1, -0.05) is 36.4 Å². The van der Waals surface area contributed by atoms with Crippen molar-refractivity contribution in [3.8, 4) is 5.69 Å². The van der Waals surface area contributed by atoms with Crippen LogP contribution in [0.15, 0.2) is 60.7 Å².